The predicted molar refractivity (Wildman–Crippen MR) is 82.8 cm³/mol. The third kappa shape index (κ3) is 4.26. The second kappa shape index (κ2) is 7.18. The Morgan fingerprint density at radius 1 is 1.41 bits per heavy atom. The monoisotopic (exact) mass is 310 g/mol. The lowest BCUT2D eigenvalue weighted by Gasteiger charge is -2.33. The van der Waals surface area contributed by atoms with Crippen molar-refractivity contribution in [3.8, 4) is 0 Å². The zero-order valence-electron chi connectivity index (χ0n) is 13.2. The van der Waals surface area contributed by atoms with Gasteiger partial charge in [0.1, 0.15) is 0 Å². The molecule has 3 nitrogen and oxygen atoms in total. The second-order valence-electron chi connectivity index (χ2n) is 6.32. The van der Waals surface area contributed by atoms with Crippen LogP contribution in [-0.4, -0.2) is 36.5 Å². The van der Waals surface area contributed by atoms with E-state index in [2.05, 4.69) is 17.1 Å². The number of amides is 1. The molecule has 0 bridgehead atoms. The molecule has 122 valence electrons. The van der Waals surface area contributed by atoms with Crippen LogP contribution in [0.1, 0.15) is 32.3 Å². The molecular formula is C17H24F2N2O. The minimum absolute atomic E-state index is 0.272. The molecule has 22 heavy (non-hydrogen) atoms. The summed E-state index contributed by atoms with van der Waals surface area (Å²) in [4.78, 5) is 14.1. The van der Waals surface area contributed by atoms with E-state index in [9.17, 15) is 13.6 Å². The largest absolute Gasteiger partial charge is 0.349 e. The Labute approximate surface area is 130 Å². The third-order valence-electron chi connectivity index (χ3n) is 4.07. The number of carbonyl (C=O) groups excluding carboxylic acids is 1. The Balaban J connectivity index is 1.90. The van der Waals surface area contributed by atoms with Gasteiger partial charge in [0, 0.05) is 24.7 Å². The van der Waals surface area contributed by atoms with Gasteiger partial charge in [-0.05, 0) is 32.2 Å². The van der Waals surface area contributed by atoms with E-state index in [1.54, 1.807) is 13.0 Å². The molecule has 1 N–H and O–H groups in total. The Bertz CT molecular complexity index is 493. The fourth-order valence-corrected chi connectivity index (χ4v) is 2.98. The molecule has 1 aliphatic heterocycles. The van der Waals surface area contributed by atoms with Gasteiger partial charge < -0.3 is 10.2 Å². The molecule has 0 unspecified atom stereocenters. The summed E-state index contributed by atoms with van der Waals surface area (Å²) in [6.45, 7) is 6.52. The molecule has 5 heteroatoms. The highest BCUT2D eigenvalue weighted by molar-refractivity contribution is 5.84. The van der Waals surface area contributed by atoms with Gasteiger partial charge in [-0.15, -0.1) is 0 Å². The van der Waals surface area contributed by atoms with E-state index in [1.165, 1.54) is 30.7 Å². The van der Waals surface area contributed by atoms with Gasteiger partial charge in [0.05, 0.1) is 0 Å². The Morgan fingerprint density at radius 2 is 2.09 bits per heavy atom. The van der Waals surface area contributed by atoms with Crippen molar-refractivity contribution in [2.24, 2.45) is 5.92 Å². The zero-order valence-corrected chi connectivity index (χ0v) is 13.2. The first-order valence-corrected chi connectivity index (χ1v) is 7.86. The van der Waals surface area contributed by atoms with E-state index in [4.69, 9.17) is 0 Å². The lowest BCUT2D eigenvalue weighted by atomic mass is 10.00. The number of nitrogens with one attached hydrogen (secondary N) is 1. The van der Waals surface area contributed by atoms with Gasteiger partial charge in [0.15, 0.2) is 0 Å². The van der Waals surface area contributed by atoms with Crippen LogP contribution in [0.25, 0.3) is 0 Å². The summed E-state index contributed by atoms with van der Waals surface area (Å²) in [5, 5.41) is 2.45. The number of halogens is 2. The summed E-state index contributed by atoms with van der Waals surface area (Å²) in [7, 11) is 0. The van der Waals surface area contributed by atoms with E-state index in [1.807, 2.05) is 0 Å². The molecular weight excluding hydrogens is 286 g/mol. The van der Waals surface area contributed by atoms with Gasteiger partial charge in [-0.2, -0.15) is 8.78 Å². The topological polar surface area (TPSA) is 32.3 Å². The summed E-state index contributed by atoms with van der Waals surface area (Å²) >= 11 is 0. The molecule has 2 atom stereocenters. The predicted octanol–water partition coefficient (Wildman–Crippen LogP) is 3.02. The van der Waals surface area contributed by atoms with Gasteiger partial charge >= 0.3 is 5.92 Å². The molecule has 1 saturated heterocycles. The maximum Gasteiger partial charge on any atom is 0.349 e. The van der Waals surface area contributed by atoms with Crippen LogP contribution in [0.5, 0.6) is 0 Å². The molecule has 2 rings (SSSR count). The smallest absolute Gasteiger partial charge is 0.347 e. The van der Waals surface area contributed by atoms with Crippen molar-refractivity contribution in [3.05, 3.63) is 35.9 Å². The van der Waals surface area contributed by atoms with Crippen LogP contribution in [0.2, 0.25) is 0 Å². The van der Waals surface area contributed by atoms with Crippen molar-refractivity contribution in [2.75, 3.05) is 19.6 Å². The first-order valence-electron chi connectivity index (χ1n) is 7.86. The van der Waals surface area contributed by atoms with Crippen LogP contribution in [0.3, 0.4) is 0 Å². The number of nitrogens with zero attached hydrogens (tertiary/aromatic N) is 1. The van der Waals surface area contributed by atoms with E-state index < -0.39 is 11.8 Å². The quantitative estimate of drug-likeness (QED) is 0.907. The summed E-state index contributed by atoms with van der Waals surface area (Å²) in [5.74, 6) is -4.09. The minimum atomic E-state index is -3.50. The van der Waals surface area contributed by atoms with Crippen molar-refractivity contribution >= 4 is 5.91 Å². The Hall–Kier alpha value is -1.49. The number of benzene rings is 1. The highest BCUT2D eigenvalue weighted by Gasteiger charge is 2.41. The number of piperidine rings is 1. The zero-order chi connectivity index (χ0) is 16.2. The molecule has 1 heterocycles. The molecule has 0 aliphatic carbocycles. The van der Waals surface area contributed by atoms with E-state index >= 15 is 0 Å². The molecule has 1 fully saturated rings. The molecule has 0 saturated carbocycles. The standard InChI is InChI=1S/C17H24F2N2O/c1-13-7-6-10-21(11-13)12-14(2)20-16(22)17(18,19)15-8-4-3-5-9-15/h3-5,8-9,13-14H,6-7,10-12H2,1-2H3,(H,20,22)/t13-,14-/m1/s1. The van der Waals surface area contributed by atoms with E-state index in [-0.39, 0.29) is 11.6 Å². The molecule has 1 aromatic carbocycles. The van der Waals surface area contributed by atoms with E-state index in [0.29, 0.717) is 12.5 Å². The highest BCUT2D eigenvalue weighted by atomic mass is 19.3. The van der Waals surface area contributed by atoms with Crippen molar-refractivity contribution in [1.29, 1.82) is 0 Å². The van der Waals surface area contributed by atoms with Crippen molar-refractivity contribution in [3.63, 3.8) is 0 Å². The number of rotatable bonds is 5. The van der Waals surface area contributed by atoms with Gasteiger partial charge in [-0.1, -0.05) is 37.3 Å². The van der Waals surface area contributed by atoms with Crippen molar-refractivity contribution < 1.29 is 13.6 Å². The van der Waals surface area contributed by atoms with Crippen molar-refractivity contribution in [2.45, 2.75) is 38.7 Å². The van der Waals surface area contributed by atoms with Gasteiger partial charge in [-0.25, -0.2) is 0 Å². The molecule has 1 amide bonds. The van der Waals surface area contributed by atoms with Crippen LogP contribution >= 0.6 is 0 Å². The van der Waals surface area contributed by atoms with Crippen LogP contribution in [0, 0.1) is 5.92 Å². The van der Waals surface area contributed by atoms with Crippen LogP contribution in [0.15, 0.2) is 30.3 Å². The fourth-order valence-electron chi connectivity index (χ4n) is 2.98. The first-order chi connectivity index (χ1) is 10.4. The third-order valence-corrected chi connectivity index (χ3v) is 4.07. The highest BCUT2D eigenvalue weighted by Crippen LogP contribution is 2.28. The SMILES string of the molecule is C[C@@H]1CCCN(C[C@@H](C)NC(=O)C(F)(F)c2ccccc2)C1. The summed E-state index contributed by atoms with van der Waals surface area (Å²) < 4.78 is 28.2. The number of hydrogen-bond acceptors (Lipinski definition) is 2. The lowest BCUT2D eigenvalue weighted by molar-refractivity contribution is -0.147. The van der Waals surface area contributed by atoms with Gasteiger partial charge in [-0.3, -0.25) is 4.79 Å². The summed E-state index contributed by atoms with van der Waals surface area (Å²) in [6.07, 6.45) is 2.34. The maximum atomic E-state index is 14.1. The van der Waals surface area contributed by atoms with E-state index in [0.717, 1.165) is 19.5 Å². The summed E-state index contributed by atoms with van der Waals surface area (Å²) in [5.41, 5.74) is -0.272. The van der Waals surface area contributed by atoms with Crippen molar-refractivity contribution in [1.82, 2.24) is 10.2 Å². The molecule has 1 aromatic rings. The summed E-state index contributed by atoms with van der Waals surface area (Å²) in [6, 6.07) is 6.92. The maximum absolute atomic E-state index is 14.1. The molecule has 1 aliphatic rings. The average Bonchev–Trinajstić information content (AvgIpc) is 2.48. The second-order valence-corrected chi connectivity index (χ2v) is 6.32. The van der Waals surface area contributed by atoms with Crippen LogP contribution in [0.4, 0.5) is 8.78 Å². The Morgan fingerprint density at radius 3 is 2.73 bits per heavy atom. The number of likely N-dealkylation sites (tertiary alicyclic amines) is 1. The minimum Gasteiger partial charge on any atom is -0.347 e. The Kier molecular flexibility index (Phi) is 5.51. The molecule has 0 radical (unpaired) electrons. The van der Waals surface area contributed by atoms with Crippen LogP contribution in [-0.2, 0) is 10.7 Å². The van der Waals surface area contributed by atoms with Gasteiger partial charge in [0.2, 0.25) is 0 Å². The number of alkyl halides is 2. The molecule has 0 aromatic heterocycles. The average molecular weight is 310 g/mol. The normalized spacial score (nSPS) is 21.4. The fraction of sp³-hybridized carbons (Fsp3) is 0.588. The number of carbonyl (C=O) groups is 1. The first kappa shape index (κ1) is 16.9. The van der Waals surface area contributed by atoms with Crippen LogP contribution < -0.4 is 5.32 Å². The molecule has 0 spiro atoms. The number of hydrogen-bond donors (Lipinski definition) is 1. The lowest BCUT2D eigenvalue weighted by Crippen LogP contribution is -2.48. The van der Waals surface area contributed by atoms with Gasteiger partial charge in [0.25, 0.3) is 5.91 Å².